The van der Waals surface area contributed by atoms with Crippen molar-refractivity contribution in [3.63, 3.8) is 0 Å². The van der Waals surface area contributed by atoms with Crippen molar-refractivity contribution in [2.45, 2.75) is 167 Å². The summed E-state index contributed by atoms with van der Waals surface area (Å²) in [7, 11) is 0. The second-order valence-corrected chi connectivity index (χ2v) is 20.1. The van der Waals surface area contributed by atoms with Gasteiger partial charge in [0.1, 0.15) is 12.7 Å². The first-order chi connectivity index (χ1) is 24.9. The van der Waals surface area contributed by atoms with Gasteiger partial charge in [0, 0.05) is 23.6 Å². The van der Waals surface area contributed by atoms with Gasteiger partial charge in [0.25, 0.3) is 0 Å². The van der Waals surface area contributed by atoms with Crippen molar-refractivity contribution in [1.82, 2.24) is 0 Å². The Labute approximate surface area is 338 Å². The zero-order valence-electron chi connectivity index (χ0n) is 35.0. The molecule has 3 unspecified atom stereocenters. The molecule has 12 atom stereocenters. The number of hydrogen-bond donors (Lipinski definition) is 3. The minimum Gasteiger partial charge on any atom is -0.462 e. The second kappa shape index (κ2) is 16.5. The van der Waals surface area contributed by atoms with E-state index in [1.165, 1.54) is 23.8 Å². The van der Waals surface area contributed by atoms with Gasteiger partial charge in [0.05, 0.1) is 30.3 Å². The van der Waals surface area contributed by atoms with Gasteiger partial charge in [-0.1, -0.05) is 84.8 Å². The minimum atomic E-state index is -1.29. The summed E-state index contributed by atoms with van der Waals surface area (Å²) in [6.45, 7) is 24.0. The molecule has 0 aromatic rings. The van der Waals surface area contributed by atoms with Crippen molar-refractivity contribution in [1.29, 1.82) is 0 Å². The number of esters is 3. The lowest BCUT2D eigenvalue weighted by atomic mass is 9.33. The van der Waals surface area contributed by atoms with Crippen molar-refractivity contribution in [2.24, 2.45) is 50.2 Å². The molecule has 9 heteroatoms. The molecule has 0 radical (unpaired) electrons. The van der Waals surface area contributed by atoms with Crippen LogP contribution in [0.5, 0.6) is 0 Å². The Morgan fingerprint density at radius 2 is 1.25 bits per heavy atom. The molecular formula is C47H76O9. The van der Waals surface area contributed by atoms with Crippen LogP contribution in [0.1, 0.15) is 143 Å². The molecule has 0 bridgehead atoms. The number of aliphatic hydroxyl groups excluding tert-OH is 3. The highest BCUT2D eigenvalue weighted by Gasteiger charge is 2.73. The molecule has 9 nitrogen and oxygen atoms in total. The average Bonchev–Trinajstić information content (AvgIpc) is 3.03. The molecule has 0 aliphatic heterocycles. The van der Waals surface area contributed by atoms with Crippen molar-refractivity contribution < 1.29 is 43.9 Å². The van der Waals surface area contributed by atoms with Gasteiger partial charge in [0.2, 0.25) is 0 Å². The monoisotopic (exact) mass is 785 g/mol. The molecule has 5 aliphatic carbocycles. The van der Waals surface area contributed by atoms with Crippen LogP contribution in [-0.4, -0.2) is 70.9 Å². The van der Waals surface area contributed by atoms with E-state index in [1.54, 1.807) is 13.8 Å². The van der Waals surface area contributed by atoms with Gasteiger partial charge >= 0.3 is 17.9 Å². The number of rotatable bonds is 8. The summed E-state index contributed by atoms with van der Waals surface area (Å²) >= 11 is 0. The molecule has 5 aliphatic rings. The molecule has 318 valence electrons. The molecule has 0 amide bonds. The maximum absolute atomic E-state index is 13.4. The SMILES string of the molecule is C.C.CC(C)=CC(=O)OC[C@@]12C(CC(C)(C)[C@@H](O)[C@@H]1OC(=O)C=C(C)C)C1=CCC3[C@@]4(C)CC[C@H](O)[C@](C)(COC(=O)C=C(C)C)C4CC[C@@]3(C)[C@]1(C)C[C@H]2O. The van der Waals surface area contributed by atoms with Crippen LogP contribution in [0.4, 0.5) is 0 Å². The van der Waals surface area contributed by atoms with Crippen LogP contribution < -0.4 is 0 Å². The van der Waals surface area contributed by atoms with Crippen LogP contribution in [0, 0.1) is 50.2 Å². The largest absolute Gasteiger partial charge is 0.462 e. The van der Waals surface area contributed by atoms with E-state index in [1.807, 2.05) is 41.5 Å². The summed E-state index contributed by atoms with van der Waals surface area (Å²) in [5, 5.41) is 36.4. The van der Waals surface area contributed by atoms with E-state index < -0.39 is 58.0 Å². The lowest BCUT2D eigenvalue weighted by Crippen LogP contribution is -2.72. The van der Waals surface area contributed by atoms with E-state index in [2.05, 4.69) is 33.8 Å². The third kappa shape index (κ3) is 7.75. The van der Waals surface area contributed by atoms with Crippen LogP contribution in [-0.2, 0) is 28.6 Å². The number of hydrogen-bond acceptors (Lipinski definition) is 9. The Kier molecular flexibility index (Phi) is 14.0. The highest BCUT2D eigenvalue weighted by Crippen LogP contribution is 2.76. The quantitative estimate of drug-likeness (QED) is 0.0954. The number of carbonyl (C=O) groups excluding carboxylic acids is 3. The molecule has 0 spiro atoms. The molecule has 0 heterocycles. The first-order valence-corrected chi connectivity index (χ1v) is 20.1. The Balaban J connectivity index is 0.00000420. The molecule has 0 aromatic carbocycles. The zero-order chi connectivity index (χ0) is 40.4. The minimum absolute atomic E-state index is 0. The predicted molar refractivity (Wildman–Crippen MR) is 221 cm³/mol. The third-order valence-corrected chi connectivity index (χ3v) is 15.3. The number of fused-ring (bicyclic) bond motifs is 7. The number of carbonyl (C=O) groups is 3. The van der Waals surface area contributed by atoms with Crippen molar-refractivity contribution in [2.75, 3.05) is 13.2 Å². The van der Waals surface area contributed by atoms with E-state index in [0.717, 1.165) is 42.4 Å². The van der Waals surface area contributed by atoms with Gasteiger partial charge in [-0.25, -0.2) is 14.4 Å². The summed E-state index contributed by atoms with van der Waals surface area (Å²) in [5.41, 5.74) is 0.0530. The Morgan fingerprint density at radius 3 is 1.80 bits per heavy atom. The standard InChI is InChI=1S/C45H68O9.2CH4/c1-26(2)19-35(48)52-24-42(10)31-15-18-43(11)32(41(31,9)17-16-33(42)46)14-13-29-30-22-40(7,8)38(51)39(54-37(50)21-28(5)6)45(30,34(47)23-44(29,43)12)25-53-36(49)20-27(3)4;;/h13,19-21,30-34,38-39,46-47,51H,14-18,22-25H2,1-12H3;2*1H4/t30?,31?,32?,33-,34+,38-,39-,41-,42+,43+,44+,45-;;/m0../s1. The van der Waals surface area contributed by atoms with Crippen LogP contribution in [0.15, 0.2) is 46.6 Å². The topological polar surface area (TPSA) is 140 Å². The number of aliphatic hydroxyl groups is 3. The van der Waals surface area contributed by atoms with Crippen molar-refractivity contribution in [3.05, 3.63) is 46.6 Å². The van der Waals surface area contributed by atoms with E-state index >= 15 is 0 Å². The molecule has 4 fully saturated rings. The molecule has 0 aromatic heterocycles. The lowest BCUT2D eigenvalue weighted by molar-refractivity contribution is -0.264. The Morgan fingerprint density at radius 1 is 0.714 bits per heavy atom. The highest BCUT2D eigenvalue weighted by molar-refractivity contribution is 5.83. The van der Waals surface area contributed by atoms with Crippen molar-refractivity contribution in [3.8, 4) is 0 Å². The fourth-order valence-electron chi connectivity index (χ4n) is 12.4. The molecule has 3 N–H and O–H groups in total. The first-order valence-electron chi connectivity index (χ1n) is 20.1. The Bertz CT molecular complexity index is 1620. The average molecular weight is 785 g/mol. The first kappa shape index (κ1) is 47.6. The third-order valence-electron chi connectivity index (χ3n) is 15.3. The van der Waals surface area contributed by atoms with Gasteiger partial charge in [-0.05, 0) is 126 Å². The maximum Gasteiger partial charge on any atom is 0.331 e. The summed E-state index contributed by atoms with van der Waals surface area (Å²) < 4.78 is 18.0. The number of allylic oxidation sites excluding steroid dienone is 5. The van der Waals surface area contributed by atoms with Gasteiger partial charge in [0.15, 0.2) is 0 Å². The fraction of sp³-hybridized carbons (Fsp3) is 0.766. The van der Waals surface area contributed by atoms with Gasteiger partial charge < -0.3 is 29.5 Å². The van der Waals surface area contributed by atoms with Crippen molar-refractivity contribution >= 4 is 17.9 Å². The van der Waals surface area contributed by atoms with Gasteiger partial charge in [-0.15, -0.1) is 0 Å². The second-order valence-electron chi connectivity index (χ2n) is 20.1. The molecule has 4 saturated carbocycles. The molecule has 0 saturated heterocycles. The summed E-state index contributed by atoms with van der Waals surface area (Å²) in [6, 6.07) is 0. The lowest BCUT2D eigenvalue weighted by Gasteiger charge is -2.72. The summed E-state index contributed by atoms with van der Waals surface area (Å²) in [4.78, 5) is 39.1. The van der Waals surface area contributed by atoms with Crippen LogP contribution >= 0.6 is 0 Å². The number of ether oxygens (including phenoxy) is 3. The fourth-order valence-corrected chi connectivity index (χ4v) is 12.4. The summed E-state index contributed by atoms with van der Waals surface area (Å²) in [5.74, 6) is -1.56. The molecule has 56 heavy (non-hydrogen) atoms. The van der Waals surface area contributed by atoms with Gasteiger partial charge in [-0.3, -0.25) is 0 Å². The summed E-state index contributed by atoms with van der Waals surface area (Å²) in [6.07, 6.45) is 7.51. The van der Waals surface area contributed by atoms with E-state index in [4.69, 9.17) is 14.2 Å². The Hall–Kier alpha value is -2.75. The maximum atomic E-state index is 13.4. The van der Waals surface area contributed by atoms with Crippen LogP contribution in [0.25, 0.3) is 0 Å². The molecular weight excluding hydrogens is 709 g/mol. The normalized spacial score (nSPS) is 40.4. The van der Waals surface area contributed by atoms with Crippen LogP contribution in [0.3, 0.4) is 0 Å². The zero-order valence-corrected chi connectivity index (χ0v) is 35.0. The molecule has 5 rings (SSSR count). The highest BCUT2D eigenvalue weighted by atomic mass is 16.6. The van der Waals surface area contributed by atoms with E-state index in [-0.39, 0.29) is 62.6 Å². The van der Waals surface area contributed by atoms with Crippen LogP contribution in [0.2, 0.25) is 0 Å². The predicted octanol–water partition coefficient (Wildman–Crippen LogP) is 8.85. The van der Waals surface area contributed by atoms with E-state index in [9.17, 15) is 29.7 Å². The van der Waals surface area contributed by atoms with E-state index in [0.29, 0.717) is 19.3 Å². The van der Waals surface area contributed by atoms with Gasteiger partial charge in [-0.2, -0.15) is 0 Å². The smallest absolute Gasteiger partial charge is 0.331 e.